The molecule has 3 N–H and O–H groups in total. The van der Waals surface area contributed by atoms with Crippen molar-refractivity contribution < 1.29 is 24.5 Å². The lowest BCUT2D eigenvalue weighted by Gasteiger charge is -2.20. The summed E-state index contributed by atoms with van der Waals surface area (Å²) < 4.78 is 5.08. The normalized spacial score (nSPS) is 11.0. The standard InChI is InChI=1S/C14H19NO5/c1-14(2,3)20-13(19)15-7-11-6-9(12(17)18)4-5-10(11)8-16/h4-6,16H,7-8H2,1-3H3,(H,15,19)(H,17,18). The number of aliphatic hydroxyl groups excluding tert-OH is 1. The number of carbonyl (C=O) groups is 2. The van der Waals surface area contributed by atoms with E-state index in [9.17, 15) is 14.7 Å². The molecule has 0 fully saturated rings. The van der Waals surface area contributed by atoms with Crippen LogP contribution in [-0.2, 0) is 17.9 Å². The van der Waals surface area contributed by atoms with E-state index in [1.54, 1.807) is 20.8 Å². The monoisotopic (exact) mass is 281 g/mol. The Labute approximate surface area is 117 Å². The van der Waals surface area contributed by atoms with Crippen LogP contribution in [0.1, 0.15) is 42.3 Å². The SMILES string of the molecule is CC(C)(C)OC(=O)NCc1cc(C(=O)O)ccc1CO. The van der Waals surface area contributed by atoms with Gasteiger partial charge in [0.05, 0.1) is 12.2 Å². The van der Waals surface area contributed by atoms with Gasteiger partial charge in [0.25, 0.3) is 0 Å². The molecule has 0 saturated carbocycles. The highest BCUT2D eigenvalue weighted by Gasteiger charge is 2.16. The van der Waals surface area contributed by atoms with Crippen molar-refractivity contribution in [2.75, 3.05) is 0 Å². The van der Waals surface area contributed by atoms with Gasteiger partial charge >= 0.3 is 12.1 Å². The Balaban J connectivity index is 2.78. The van der Waals surface area contributed by atoms with Gasteiger partial charge < -0.3 is 20.3 Å². The average Bonchev–Trinajstić information content (AvgIpc) is 2.33. The number of ether oxygens (including phenoxy) is 1. The topological polar surface area (TPSA) is 95.9 Å². The van der Waals surface area contributed by atoms with E-state index in [0.29, 0.717) is 11.1 Å². The molecule has 0 atom stereocenters. The first-order chi connectivity index (χ1) is 9.23. The Hall–Kier alpha value is -2.08. The van der Waals surface area contributed by atoms with Gasteiger partial charge in [0, 0.05) is 6.54 Å². The van der Waals surface area contributed by atoms with Crippen molar-refractivity contribution >= 4 is 12.1 Å². The maximum absolute atomic E-state index is 11.5. The number of rotatable bonds is 4. The van der Waals surface area contributed by atoms with E-state index in [1.807, 2.05) is 0 Å². The molecule has 0 bridgehead atoms. The van der Waals surface area contributed by atoms with E-state index in [2.05, 4.69) is 5.32 Å². The molecule has 1 amide bonds. The fourth-order valence-corrected chi connectivity index (χ4v) is 1.56. The van der Waals surface area contributed by atoms with Crippen molar-refractivity contribution in [1.82, 2.24) is 5.32 Å². The van der Waals surface area contributed by atoms with Crippen LogP contribution < -0.4 is 5.32 Å². The lowest BCUT2D eigenvalue weighted by atomic mass is 10.0. The van der Waals surface area contributed by atoms with Crippen molar-refractivity contribution in [3.8, 4) is 0 Å². The summed E-state index contributed by atoms with van der Waals surface area (Å²) in [5.74, 6) is -1.06. The molecule has 0 saturated heterocycles. The molecule has 0 unspecified atom stereocenters. The zero-order valence-corrected chi connectivity index (χ0v) is 11.8. The van der Waals surface area contributed by atoms with Crippen molar-refractivity contribution in [3.63, 3.8) is 0 Å². The van der Waals surface area contributed by atoms with Gasteiger partial charge in [-0.2, -0.15) is 0 Å². The van der Waals surface area contributed by atoms with Crippen LogP contribution in [0.15, 0.2) is 18.2 Å². The van der Waals surface area contributed by atoms with Crippen molar-refractivity contribution in [1.29, 1.82) is 0 Å². The zero-order chi connectivity index (χ0) is 15.3. The lowest BCUT2D eigenvalue weighted by Crippen LogP contribution is -2.32. The molecule has 1 aromatic carbocycles. The number of nitrogens with one attached hydrogen (secondary N) is 1. The summed E-state index contributed by atoms with van der Waals surface area (Å²) in [6.45, 7) is 5.10. The number of carboxylic acid groups (broad SMARTS) is 1. The number of hydrogen-bond acceptors (Lipinski definition) is 4. The van der Waals surface area contributed by atoms with Gasteiger partial charge in [-0.15, -0.1) is 0 Å². The molecular formula is C14H19NO5. The van der Waals surface area contributed by atoms with Crippen LogP contribution in [-0.4, -0.2) is 27.9 Å². The van der Waals surface area contributed by atoms with E-state index in [-0.39, 0.29) is 18.7 Å². The summed E-state index contributed by atoms with van der Waals surface area (Å²) in [6.07, 6.45) is -0.595. The number of benzene rings is 1. The number of hydrogen-bond donors (Lipinski definition) is 3. The van der Waals surface area contributed by atoms with Crippen LogP contribution in [0.25, 0.3) is 0 Å². The van der Waals surface area contributed by atoms with Gasteiger partial charge in [0.15, 0.2) is 0 Å². The van der Waals surface area contributed by atoms with Crippen molar-refractivity contribution in [3.05, 3.63) is 34.9 Å². The molecule has 1 aromatic rings. The Bertz CT molecular complexity index is 505. The molecule has 0 aromatic heterocycles. The number of aliphatic hydroxyl groups is 1. The average molecular weight is 281 g/mol. The molecule has 0 aliphatic carbocycles. The number of carboxylic acids is 1. The van der Waals surface area contributed by atoms with Gasteiger partial charge in [0.1, 0.15) is 5.60 Å². The number of carbonyl (C=O) groups excluding carboxylic acids is 1. The molecule has 20 heavy (non-hydrogen) atoms. The minimum Gasteiger partial charge on any atom is -0.478 e. The Morgan fingerprint density at radius 2 is 1.90 bits per heavy atom. The van der Waals surface area contributed by atoms with Crippen LogP contribution in [0.3, 0.4) is 0 Å². The van der Waals surface area contributed by atoms with E-state index in [1.165, 1.54) is 18.2 Å². The maximum Gasteiger partial charge on any atom is 0.407 e. The molecule has 0 radical (unpaired) electrons. The molecule has 1 rings (SSSR count). The van der Waals surface area contributed by atoms with Gasteiger partial charge in [-0.1, -0.05) is 6.07 Å². The van der Waals surface area contributed by atoms with E-state index >= 15 is 0 Å². The van der Waals surface area contributed by atoms with Gasteiger partial charge in [-0.25, -0.2) is 9.59 Å². The van der Waals surface area contributed by atoms with Gasteiger partial charge in [-0.05, 0) is 44.0 Å². The number of aromatic carboxylic acids is 1. The highest BCUT2D eigenvalue weighted by atomic mass is 16.6. The molecule has 110 valence electrons. The van der Waals surface area contributed by atoms with E-state index in [4.69, 9.17) is 9.84 Å². The predicted molar refractivity (Wildman–Crippen MR) is 72.4 cm³/mol. The second-order valence-electron chi connectivity index (χ2n) is 5.30. The fourth-order valence-electron chi connectivity index (χ4n) is 1.56. The van der Waals surface area contributed by atoms with Crippen LogP contribution in [0.4, 0.5) is 4.79 Å². The third-order valence-corrected chi connectivity index (χ3v) is 2.45. The molecule has 6 heteroatoms. The van der Waals surface area contributed by atoms with Crippen LogP contribution in [0.2, 0.25) is 0 Å². The van der Waals surface area contributed by atoms with Crippen LogP contribution in [0.5, 0.6) is 0 Å². The minimum absolute atomic E-state index is 0.0892. The molecule has 0 heterocycles. The molecular weight excluding hydrogens is 262 g/mol. The summed E-state index contributed by atoms with van der Waals surface area (Å²) in [5.41, 5.74) is 0.597. The van der Waals surface area contributed by atoms with E-state index < -0.39 is 17.7 Å². The highest BCUT2D eigenvalue weighted by Crippen LogP contribution is 2.13. The Morgan fingerprint density at radius 1 is 1.25 bits per heavy atom. The molecule has 0 spiro atoms. The Kier molecular flexibility index (Phi) is 5.10. The zero-order valence-electron chi connectivity index (χ0n) is 11.8. The minimum atomic E-state index is -1.06. The summed E-state index contributed by atoms with van der Waals surface area (Å²) >= 11 is 0. The second kappa shape index (κ2) is 6.38. The lowest BCUT2D eigenvalue weighted by molar-refractivity contribution is 0.0523. The number of alkyl carbamates (subject to hydrolysis) is 1. The van der Waals surface area contributed by atoms with Crippen LogP contribution in [0, 0.1) is 0 Å². The fraction of sp³-hybridized carbons (Fsp3) is 0.429. The van der Waals surface area contributed by atoms with Crippen molar-refractivity contribution in [2.45, 2.75) is 39.5 Å². The summed E-state index contributed by atoms with van der Waals surface area (Å²) in [4.78, 5) is 22.4. The first kappa shape index (κ1) is 16.0. The number of amides is 1. The molecule has 0 aliphatic rings. The molecule has 6 nitrogen and oxygen atoms in total. The summed E-state index contributed by atoms with van der Waals surface area (Å²) in [6, 6.07) is 4.35. The summed E-state index contributed by atoms with van der Waals surface area (Å²) in [7, 11) is 0. The van der Waals surface area contributed by atoms with Crippen LogP contribution >= 0.6 is 0 Å². The first-order valence-electron chi connectivity index (χ1n) is 6.16. The van der Waals surface area contributed by atoms with Gasteiger partial charge in [0.2, 0.25) is 0 Å². The van der Waals surface area contributed by atoms with E-state index in [0.717, 1.165) is 0 Å². The quantitative estimate of drug-likeness (QED) is 0.783. The Morgan fingerprint density at radius 3 is 2.40 bits per heavy atom. The van der Waals surface area contributed by atoms with Crippen molar-refractivity contribution in [2.24, 2.45) is 0 Å². The first-order valence-corrected chi connectivity index (χ1v) is 6.16. The summed E-state index contributed by atoms with van der Waals surface area (Å²) in [5, 5.41) is 20.7. The molecule has 0 aliphatic heterocycles. The second-order valence-corrected chi connectivity index (χ2v) is 5.30. The highest BCUT2D eigenvalue weighted by molar-refractivity contribution is 5.87. The largest absolute Gasteiger partial charge is 0.478 e. The third-order valence-electron chi connectivity index (χ3n) is 2.45. The third kappa shape index (κ3) is 4.89. The predicted octanol–water partition coefficient (Wildman–Crippen LogP) is 1.90. The van der Waals surface area contributed by atoms with Gasteiger partial charge in [-0.3, -0.25) is 0 Å². The maximum atomic E-state index is 11.5. The smallest absolute Gasteiger partial charge is 0.407 e.